The molecule has 128 valence electrons. The zero-order valence-electron chi connectivity index (χ0n) is 13.5. The van der Waals surface area contributed by atoms with Crippen LogP contribution in [0.4, 0.5) is 5.69 Å². The first kappa shape index (κ1) is 16.3. The smallest absolute Gasteiger partial charge is 0.280 e. The molecule has 1 fully saturated rings. The third-order valence-electron chi connectivity index (χ3n) is 4.57. The first-order valence-electron chi connectivity index (χ1n) is 8.11. The molecule has 7 heteroatoms. The van der Waals surface area contributed by atoms with Crippen LogP contribution >= 0.6 is 0 Å². The molecule has 1 aromatic carbocycles. The minimum Gasteiger partial charge on any atom is -0.454 e. The summed E-state index contributed by atoms with van der Waals surface area (Å²) in [5, 5.41) is 14.2. The third kappa shape index (κ3) is 3.50. The van der Waals surface area contributed by atoms with Gasteiger partial charge in [0.15, 0.2) is 11.5 Å². The average Bonchev–Trinajstić information content (AvgIpc) is 3.01. The molecule has 1 aliphatic carbocycles. The molecule has 1 heterocycles. The zero-order chi connectivity index (χ0) is 17.1. The van der Waals surface area contributed by atoms with Gasteiger partial charge in [0.05, 0.1) is 16.6 Å². The van der Waals surface area contributed by atoms with Crippen LogP contribution in [-0.2, 0) is 4.79 Å². The van der Waals surface area contributed by atoms with Crippen LogP contribution in [0, 0.1) is 16.0 Å². The SMILES string of the molecule is C[C@@H]1CCCC[C@H]1NC(=O)/C=C/c1cc2c(cc1[N+](=O)[O-])OCO2. The summed E-state index contributed by atoms with van der Waals surface area (Å²) in [5.74, 6) is 1.01. The molecular formula is C17H20N2O5. The molecule has 2 aliphatic rings. The Morgan fingerprint density at radius 1 is 1.29 bits per heavy atom. The summed E-state index contributed by atoms with van der Waals surface area (Å²) in [6, 6.07) is 3.01. The number of carbonyl (C=O) groups is 1. The summed E-state index contributed by atoms with van der Waals surface area (Å²) in [6.07, 6.45) is 7.20. The highest BCUT2D eigenvalue weighted by molar-refractivity contribution is 5.92. The molecular weight excluding hydrogens is 312 g/mol. The van der Waals surface area contributed by atoms with E-state index in [1.165, 1.54) is 30.7 Å². The van der Waals surface area contributed by atoms with Gasteiger partial charge in [-0.3, -0.25) is 14.9 Å². The lowest BCUT2D eigenvalue weighted by molar-refractivity contribution is -0.385. The predicted molar refractivity (Wildman–Crippen MR) is 87.8 cm³/mol. The lowest BCUT2D eigenvalue weighted by Crippen LogP contribution is -2.40. The van der Waals surface area contributed by atoms with Crippen LogP contribution < -0.4 is 14.8 Å². The molecule has 0 aromatic heterocycles. The van der Waals surface area contributed by atoms with Crippen molar-refractivity contribution < 1.29 is 19.2 Å². The number of amides is 1. The molecule has 3 rings (SSSR count). The fourth-order valence-corrected chi connectivity index (χ4v) is 3.17. The van der Waals surface area contributed by atoms with E-state index in [1.807, 2.05) is 0 Å². The first-order valence-corrected chi connectivity index (χ1v) is 8.11. The van der Waals surface area contributed by atoms with Gasteiger partial charge < -0.3 is 14.8 Å². The topological polar surface area (TPSA) is 90.7 Å². The predicted octanol–water partition coefficient (Wildman–Crippen LogP) is 3.03. The van der Waals surface area contributed by atoms with Crippen molar-refractivity contribution in [2.45, 2.75) is 38.6 Å². The van der Waals surface area contributed by atoms with Gasteiger partial charge in [-0.25, -0.2) is 0 Å². The van der Waals surface area contributed by atoms with E-state index in [4.69, 9.17) is 9.47 Å². The van der Waals surface area contributed by atoms with E-state index < -0.39 is 4.92 Å². The molecule has 1 aromatic rings. The normalized spacial score (nSPS) is 22.5. The Hall–Kier alpha value is -2.57. The van der Waals surface area contributed by atoms with E-state index in [1.54, 1.807) is 0 Å². The van der Waals surface area contributed by atoms with Gasteiger partial charge in [-0.15, -0.1) is 0 Å². The number of nitrogens with one attached hydrogen (secondary N) is 1. The highest BCUT2D eigenvalue weighted by atomic mass is 16.7. The van der Waals surface area contributed by atoms with Crippen LogP contribution in [-0.4, -0.2) is 23.7 Å². The maximum Gasteiger partial charge on any atom is 0.280 e. The van der Waals surface area contributed by atoms with Crippen LogP contribution in [0.1, 0.15) is 38.2 Å². The summed E-state index contributed by atoms with van der Waals surface area (Å²) < 4.78 is 10.4. The highest BCUT2D eigenvalue weighted by Gasteiger charge is 2.23. The van der Waals surface area contributed by atoms with Gasteiger partial charge in [-0.05, 0) is 30.9 Å². The molecule has 0 bridgehead atoms. The van der Waals surface area contributed by atoms with E-state index >= 15 is 0 Å². The second kappa shape index (κ2) is 6.90. The van der Waals surface area contributed by atoms with Crippen LogP contribution in [0.5, 0.6) is 11.5 Å². The lowest BCUT2D eigenvalue weighted by Gasteiger charge is -2.29. The van der Waals surface area contributed by atoms with Gasteiger partial charge in [-0.2, -0.15) is 0 Å². The number of carbonyl (C=O) groups excluding carboxylic acids is 1. The van der Waals surface area contributed by atoms with Gasteiger partial charge in [0, 0.05) is 12.1 Å². The Balaban J connectivity index is 1.73. The largest absolute Gasteiger partial charge is 0.454 e. The summed E-state index contributed by atoms with van der Waals surface area (Å²) in [6.45, 7) is 2.18. The Labute approximate surface area is 139 Å². The zero-order valence-corrected chi connectivity index (χ0v) is 13.5. The van der Waals surface area contributed by atoms with Crippen molar-refractivity contribution in [1.29, 1.82) is 0 Å². The summed E-state index contributed by atoms with van der Waals surface area (Å²) in [7, 11) is 0. The monoisotopic (exact) mass is 332 g/mol. The minimum atomic E-state index is -0.497. The number of benzene rings is 1. The molecule has 24 heavy (non-hydrogen) atoms. The number of nitro groups is 1. The maximum atomic E-state index is 12.1. The molecule has 1 N–H and O–H groups in total. The molecule has 7 nitrogen and oxygen atoms in total. The van der Waals surface area contributed by atoms with Crippen LogP contribution in [0.2, 0.25) is 0 Å². The van der Waals surface area contributed by atoms with Crippen LogP contribution in [0.25, 0.3) is 6.08 Å². The number of fused-ring (bicyclic) bond motifs is 1. The average molecular weight is 332 g/mol. The van der Waals surface area contributed by atoms with Crippen LogP contribution in [0.3, 0.4) is 0 Å². The number of nitro benzene ring substituents is 1. The van der Waals surface area contributed by atoms with E-state index in [0.717, 1.165) is 19.3 Å². The Morgan fingerprint density at radius 2 is 2.00 bits per heavy atom. The Kier molecular flexibility index (Phi) is 4.69. The molecule has 0 radical (unpaired) electrons. The fraction of sp³-hybridized carbons (Fsp3) is 0.471. The molecule has 1 amide bonds. The number of hydrogen-bond donors (Lipinski definition) is 1. The summed E-state index contributed by atoms with van der Waals surface area (Å²) in [5.41, 5.74) is 0.199. The maximum absolute atomic E-state index is 12.1. The molecule has 0 unspecified atom stereocenters. The standard InChI is InChI=1S/C17H20N2O5/c1-11-4-2-3-5-13(11)18-17(20)7-6-12-8-15-16(24-10-23-15)9-14(12)19(21)22/h6-9,11,13H,2-5,10H2,1H3,(H,18,20)/b7-6+/t11-,13-/m1/s1. The van der Waals surface area contributed by atoms with Gasteiger partial charge in [0.25, 0.3) is 5.69 Å². The minimum absolute atomic E-state index is 0.0414. The first-order chi connectivity index (χ1) is 11.5. The van der Waals surface area contributed by atoms with Crippen LogP contribution in [0.15, 0.2) is 18.2 Å². The van der Waals surface area contributed by atoms with Crippen molar-refractivity contribution in [2.75, 3.05) is 6.79 Å². The van der Waals surface area contributed by atoms with Crippen molar-refractivity contribution in [2.24, 2.45) is 5.92 Å². The van der Waals surface area contributed by atoms with E-state index in [-0.39, 0.29) is 24.4 Å². The van der Waals surface area contributed by atoms with Gasteiger partial charge in [-0.1, -0.05) is 19.8 Å². The second-order valence-corrected chi connectivity index (χ2v) is 6.23. The van der Waals surface area contributed by atoms with E-state index in [9.17, 15) is 14.9 Å². The van der Waals surface area contributed by atoms with Crippen molar-refractivity contribution in [3.63, 3.8) is 0 Å². The Morgan fingerprint density at radius 3 is 2.71 bits per heavy atom. The molecule has 2 atom stereocenters. The Bertz CT molecular complexity index is 686. The number of nitrogens with zero attached hydrogens (tertiary/aromatic N) is 1. The quantitative estimate of drug-likeness (QED) is 0.520. The highest BCUT2D eigenvalue weighted by Crippen LogP contribution is 2.38. The number of ether oxygens (including phenoxy) is 2. The molecule has 0 spiro atoms. The molecule has 1 aliphatic heterocycles. The third-order valence-corrected chi connectivity index (χ3v) is 4.57. The second-order valence-electron chi connectivity index (χ2n) is 6.23. The molecule has 1 saturated carbocycles. The number of hydrogen-bond acceptors (Lipinski definition) is 5. The van der Waals surface area contributed by atoms with Crippen molar-refractivity contribution in [3.8, 4) is 11.5 Å². The van der Waals surface area contributed by atoms with Gasteiger partial charge >= 0.3 is 0 Å². The van der Waals surface area contributed by atoms with Crippen molar-refractivity contribution in [1.82, 2.24) is 5.32 Å². The van der Waals surface area contributed by atoms with Crippen molar-refractivity contribution >= 4 is 17.7 Å². The molecule has 0 saturated heterocycles. The van der Waals surface area contributed by atoms with E-state index in [0.29, 0.717) is 23.0 Å². The lowest BCUT2D eigenvalue weighted by atomic mass is 9.86. The van der Waals surface area contributed by atoms with Crippen molar-refractivity contribution in [3.05, 3.63) is 33.9 Å². The summed E-state index contributed by atoms with van der Waals surface area (Å²) >= 11 is 0. The van der Waals surface area contributed by atoms with E-state index in [2.05, 4.69) is 12.2 Å². The van der Waals surface area contributed by atoms with Gasteiger partial charge in [0.1, 0.15) is 0 Å². The summed E-state index contributed by atoms with van der Waals surface area (Å²) in [4.78, 5) is 22.8. The number of rotatable bonds is 4. The fourth-order valence-electron chi connectivity index (χ4n) is 3.17. The van der Waals surface area contributed by atoms with Gasteiger partial charge in [0.2, 0.25) is 12.7 Å².